The van der Waals surface area contributed by atoms with Gasteiger partial charge in [0, 0.05) is 44.0 Å². The molecule has 6 heteroatoms. The van der Waals surface area contributed by atoms with Crippen LogP contribution in [0.25, 0.3) is 0 Å². The predicted molar refractivity (Wildman–Crippen MR) is 104 cm³/mol. The maximum absolute atomic E-state index is 9.15. The zero-order valence-electron chi connectivity index (χ0n) is 15.6. The highest BCUT2D eigenvalue weighted by Gasteiger charge is 2.08. The lowest BCUT2D eigenvalue weighted by atomic mass is 10.0. The van der Waals surface area contributed by atoms with Gasteiger partial charge < -0.3 is 15.7 Å². The van der Waals surface area contributed by atoms with Gasteiger partial charge in [0.25, 0.3) is 0 Å². The first-order valence-corrected chi connectivity index (χ1v) is 10.1. The van der Waals surface area contributed by atoms with Crippen molar-refractivity contribution < 1.29 is 5.11 Å². The van der Waals surface area contributed by atoms with E-state index >= 15 is 0 Å². The average molecular weight is 355 g/mol. The molecule has 1 rings (SSSR count). The zero-order valence-corrected chi connectivity index (χ0v) is 16.5. The molecule has 1 unspecified atom stereocenters. The fourth-order valence-electron chi connectivity index (χ4n) is 2.49. The first kappa shape index (κ1) is 20.9. The summed E-state index contributed by atoms with van der Waals surface area (Å²) in [5.41, 5.74) is 1.15. The predicted octanol–water partition coefficient (Wildman–Crippen LogP) is 3.16. The molecule has 1 atom stereocenters. The van der Waals surface area contributed by atoms with Crippen LogP contribution in [0.15, 0.2) is 10.4 Å². The third-order valence-electron chi connectivity index (χ3n) is 3.82. The standard InChI is InChI=1S/C18H34N4OS/c1-5-7-15(9-11-23)12-21-18(19-6-2)20-10-8-16-13-24-17(22-16)14(3)4/h13-15,23H,5-12H2,1-4H3,(H2,19,20,21). The molecule has 0 saturated carbocycles. The van der Waals surface area contributed by atoms with Crippen LogP contribution < -0.4 is 10.6 Å². The Morgan fingerprint density at radius 3 is 2.67 bits per heavy atom. The van der Waals surface area contributed by atoms with Gasteiger partial charge in [-0.3, -0.25) is 4.99 Å². The van der Waals surface area contributed by atoms with Gasteiger partial charge in [-0.2, -0.15) is 0 Å². The Morgan fingerprint density at radius 2 is 2.08 bits per heavy atom. The van der Waals surface area contributed by atoms with Crippen LogP contribution in [0.4, 0.5) is 0 Å². The Morgan fingerprint density at radius 1 is 1.29 bits per heavy atom. The molecule has 0 amide bonds. The van der Waals surface area contributed by atoms with Crippen molar-refractivity contribution >= 4 is 17.3 Å². The molecule has 0 saturated heterocycles. The molecular formula is C18H34N4OS. The molecule has 1 aromatic heterocycles. The van der Waals surface area contributed by atoms with Crippen LogP contribution in [0, 0.1) is 5.92 Å². The normalized spacial score (nSPS) is 13.3. The molecule has 3 N–H and O–H groups in total. The second-order valence-electron chi connectivity index (χ2n) is 6.40. The maximum atomic E-state index is 9.15. The Labute approximate surface area is 151 Å². The molecule has 1 aromatic rings. The number of hydrogen-bond donors (Lipinski definition) is 3. The van der Waals surface area contributed by atoms with Crippen molar-refractivity contribution in [3.63, 3.8) is 0 Å². The van der Waals surface area contributed by atoms with Crippen molar-refractivity contribution in [2.45, 2.75) is 59.3 Å². The van der Waals surface area contributed by atoms with Gasteiger partial charge in [-0.25, -0.2) is 4.98 Å². The summed E-state index contributed by atoms with van der Waals surface area (Å²) in [5, 5.41) is 19.2. The van der Waals surface area contributed by atoms with Gasteiger partial charge in [-0.15, -0.1) is 11.3 Å². The highest BCUT2D eigenvalue weighted by molar-refractivity contribution is 7.09. The van der Waals surface area contributed by atoms with E-state index in [1.165, 1.54) is 5.01 Å². The van der Waals surface area contributed by atoms with E-state index in [-0.39, 0.29) is 6.61 Å². The Kier molecular flexibility index (Phi) is 10.7. The van der Waals surface area contributed by atoms with Crippen LogP contribution in [0.5, 0.6) is 0 Å². The molecule has 0 bridgehead atoms. The first-order chi connectivity index (χ1) is 11.6. The Hall–Kier alpha value is -1.14. The highest BCUT2D eigenvalue weighted by Crippen LogP contribution is 2.19. The number of aliphatic hydroxyl groups excluding tert-OH is 1. The SMILES string of the molecule is CCCC(CCO)CN=C(NCC)NCCc1csc(C(C)C)n1. The smallest absolute Gasteiger partial charge is 0.191 e. The van der Waals surface area contributed by atoms with Gasteiger partial charge in [0.05, 0.1) is 10.7 Å². The van der Waals surface area contributed by atoms with E-state index in [1.54, 1.807) is 11.3 Å². The number of aliphatic imine (C=N–C) groups is 1. The summed E-state index contributed by atoms with van der Waals surface area (Å²) in [6, 6.07) is 0. The highest BCUT2D eigenvalue weighted by atomic mass is 32.1. The molecule has 5 nitrogen and oxygen atoms in total. The summed E-state index contributed by atoms with van der Waals surface area (Å²) in [6.45, 7) is 11.3. The van der Waals surface area contributed by atoms with Gasteiger partial charge >= 0.3 is 0 Å². The van der Waals surface area contributed by atoms with Gasteiger partial charge in [0.2, 0.25) is 0 Å². The number of nitrogens with zero attached hydrogens (tertiary/aromatic N) is 2. The van der Waals surface area contributed by atoms with Crippen molar-refractivity contribution in [2.24, 2.45) is 10.9 Å². The molecule has 0 spiro atoms. The van der Waals surface area contributed by atoms with Crippen molar-refractivity contribution in [3.05, 3.63) is 16.1 Å². The number of aromatic nitrogens is 1. The van der Waals surface area contributed by atoms with Crippen molar-refractivity contribution in [3.8, 4) is 0 Å². The molecule has 0 aliphatic carbocycles. The van der Waals surface area contributed by atoms with Gasteiger partial charge in [-0.1, -0.05) is 27.2 Å². The van der Waals surface area contributed by atoms with Gasteiger partial charge in [0.15, 0.2) is 5.96 Å². The van der Waals surface area contributed by atoms with Crippen molar-refractivity contribution in [2.75, 3.05) is 26.2 Å². The summed E-state index contributed by atoms with van der Waals surface area (Å²) < 4.78 is 0. The van der Waals surface area contributed by atoms with E-state index in [9.17, 15) is 0 Å². The number of rotatable bonds is 11. The summed E-state index contributed by atoms with van der Waals surface area (Å²) in [5.74, 6) is 1.82. The zero-order chi connectivity index (χ0) is 17.8. The van der Waals surface area contributed by atoms with Gasteiger partial charge in [-0.05, 0) is 25.7 Å². The molecule has 0 aliphatic rings. The van der Waals surface area contributed by atoms with E-state index < -0.39 is 0 Å². The number of aliphatic hydroxyl groups is 1. The molecule has 0 aliphatic heterocycles. The molecular weight excluding hydrogens is 320 g/mol. The van der Waals surface area contributed by atoms with Crippen LogP contribution in [-0.4, -0.2) is 42.3 Å². The molecule has 1 heterocycles. The lowest BCUT2D eigenvalue weighted by Gasteiger charge is -2.15. The van der Waals surface area contributed by atoms with E-state index in [2.05, 4.69) is 53.7 Å². The monoisotopic (exact) mass is 354 g/mol. The minimum absolute atomic E-state index is 0.242. The van der Waals surface area contributed by atoms with Crippen LogP contribution >= 0.6 is 11.3 Å². The number of hydrogen-bond acceptors (Lipinski definition) is 4. The summed E-state index contributed by atoms with van der Waals surface area (Å²) >= 11 is 1.74. The fraction of sp³-hybridized carbons (Fsp3) is 0.778. The maximum Gasteiger partial charge on any atom is 0.191 e. The Bertz CT molecular complexity index is 467. The fourth-order valence-corrected chi connectivity index (χ4v) is 3.36. The first-order valence-electron chi connectivity index (χ1n) is 9.17. The van der Waals surface area contributed by atoms with E-state index in [1.807, 2.05) is 0 Å². The van der Waals surface area contributed by atoms with Crippen molar-refractivity contribution in [1.82, 2.24) is 15.6 Å². The van der Waals surface area contributed by atoms with E-state index in [4.69, 9.17) is 5.11 Å². The Balaban J connectivity index is 2.47. The lowest BCUT2D eigenvalue weighted by molar-refractivity contribution is 0.253. The number of nitrogens with one attached hydrogen (secondary N) is 2. The minimum Gasteiger partial charge on any atom is -0.396 e. The summed E-state index contributed by atoms with van der Waals surface area (Å²) in [7, 11) is 0. The largest absolute Gasteiger partial charge is 0.396 e. The second kappa shape index (κ2) is 12.3. The van der Waals surface area contributed by atoms with E-state index in [0.717, 1.165) is 57.0 Å². The molecule has 0 aromatic carbocycles. The third kappa shape index (κ3) is 8.11. The van der Waals surface area contributed by atoms with Crippen molar-refractivity contribution in [1.29, 1.82) is 0 Å². The van der Waals surface area contributed by atoms with Crippen LogP contribution in [-0.2, 0) is 6.42 Å². The number of thiazole rings is 1. The van der Waals surface area contributed by atoms with Crippen LogP contribution in [0.2, 0.25) is 0 Å². The van der Waals surface area contributed by atoms with E-state index in [0.29, 0.717) is 11.8 Å². The summed E-state index contributed by atoms with van der Waals surface area (Å²) in [6.07, 6.45) is 3.97. The topological polar surface area (TPSA) is 69.5 Å². The van der Waals surface area contributed by atoms with Crippen LogP contribution in [0.1, 0.15) is 63.6 Å². The van der Waals surface area contributed by atoms with Crippen LogP contribution in [0.3, 0.4) is 0 Å². The third-order valence-corrected chi connectivity index (χ3v) is 5.02. The lowest BCUT2D eigenvalue weighted by Crippen LogP contribution is -2.38. The second-order valence-corrected chi connectivity index (χ2v) is 7.28. The summed E-state index contributed by atoms with van der Waals surface area (Å²) in [4.78, 5) is 9.35. The molecule has 138 valence electrons. The van der Waals surface area contributed by atoms with Gasteiger partial charge in [0.1, 0.15) is 0 Å². The molecule has 0 radical (unpaired) electrons. The molecule has 0 fully saturated rings. The molecule has 24 heavy (non-hydrogen) atoms. The quantitative estimate of drug-likeness (QED) is 0.422. The average Bonchev–Trinajstić information content (AvgIpc) is 3.02. The number of guanidine groups is 1. The minimum atomic E-state index is 0.242.